The van der Waals surface area contributed by atoms with Crippen LogP contribution in [-0.2, 0) is 6.54 Å². The molecule has 1 N–H and O–H groups in total. The van der Waals surface area contributed by atoms with Crippen molar-refractivity contribution in [1.82, 2.24) is 10.2 Å². The minimum absolute atomic E-state index is 0.358. The number of halogens is 2. The number of likely N-dealkylation sites (N-methyl/N-ethyl adjacent to an activating group) is 1. The van der Waals surface area contributed by atoms with Crippen molar-refractivity contribution in [1.29, 1.82) is 0 Å². The average Bonchev–Trinajstić information content (AvgIpc) is 2.48. The van der Waals surface area contributed by atoms with Gasteiger partial charge in [0.05, 0.1) is 5.02 Å². The Bertz CT molecular complexity index is 572. The number of nitrogens with one attached hydrogen (secondary N) is 1. The molecule has 0 aliphatic heterocycles. The summed E-state index contributed by atoms with van der Waals surface area (Å²) in [5, 5.41) is 4.26. The number of hydrogen-bond donors (Lipinski definition) is 1. The van der Waals surface area contributed by atoms with Gasteiger partial charge in [0.15, 0.2) is 0 Å². The van der Waals surface area contributed by atoms with Gasteiger partial charge in [0.25, 0.3) is 0 Å². The molecular weight excluding hydrogens is 348 g/mol. The van der Waals surface area contributed by atoms with E-state index in [0.29, 0.717) is 6.04 Å². The van der Waals surface area contributed by atoms with E-state index in [-0.39, 0.29) is 0 Å². The van der Waals surface area contributed by atoms with Crippen molar-refractivity contribution in [3.63, 3.8) is 0 Å². The Labute approximate surface area is 140 Å². The number of nitrogens with zero attached hydrogens (tertiary/aromatic N) is 1. The highest BCUT2D eigenvalue weighted by Gasteiger charge is 2.13. The van der Waals surface area contributed by atoms with Gasteiger partial charge in [-0.05, 0) is 53.3 Å². The SMILES string of the molecule is CN(C)C(CNCc1ccc(Br)c(Cl)c1)c1ccccc1. The summed E-state index contributed by atoms with van der Waals surface area (Å²) in [5.41, 5.74) is 2.51. The second-order valence-corrected chi connectivity index (χ2v) is 6.53. The largest absolute Gasteiger partial charge is 0.311 e. The maximum atomic E-state index is 6.12. The Balaban J connectivity index is 1.95. The Morgan fingerprint density at radius 1 is 1.14 bits per heavy atom. The van der Waals surface area contributed by atoms with Gasteiger partial charge in [-0.25, -0.2) is 0 Å². The average molecular weight is 368 g/mol. The van der Waals surface area contributed by atoms with Crippen LogP contribution in [0, 0.1) is 0 Å². The molecule has 2 rings (SSSR count). The standard InChI is InChI=1S/C17H20BrClN2/c1-21(2)17(14-6-4-3-5-7-14)12-20-11-13-8-9-15(18)16(19)10-13/h3-10,17,20H,11-12H2,1-2H3. The lowest BCUT2D eigenvalue weighted by Gasteiger charge is -2.25. The zero-order valence-corrected chi connectivity index (χ0v) is 14.7. The second-order valence-electron chi connectivity index (χ2n) is 5.27. The van der Waals surface area contributed by atoms with Crippen LogP contribution < -0.4 is 5.32 Å². The van der Waals surface area contributed by atoms with E-state index in [1.807, 2.05) is 18.2 Å². The molecule has 0 aliphatic rings. The van der Waals surface area contributed by atoms with Crippen molar-refractivity contribution in [3.05, 3.63) is 69.2 Å². The number of hydrogen-bond acceptors (Lipinski definition) is 2. The Kier molecular flexibility index (Phi) is 6.24. The molecule has 112 valence electrons. The minimum atomic E-state index is 0.358. The van der Waals surface area contributed by atoms with E-state index in [2.05, 4.69) is 70.6 Å². The molecule has 0 amide bonds. The summed E-state index contributed by atoms with van der Waals surface area (Å²) in [5.74, 6) is 0. The highest BCUT2D eigenvalue weighted by molar-refractivity contribution is 9.10. The third-order valence-corrected chi connectivity index (χ3v) is 4.69. The van der Waals surface area contributed by atoms with Crippen LogP contribution in [0.4, 0.5) is 0 Å². The molecule has 0 radical (unpaired) electrons. The molecule has 0 aliphatic carbocycles. The zero-order chi connectivity index (χ0) is 15.2. The summed E-state index contributed by atoms with van der Waals surface area (Å²) in [7, 11) is 4.21. The van der Waals surface area contributed by atoms with E-state index in [9.17, 15) is 0 Å². The van der Waals surface area contributed by atoms with Crippen molar-refractivity contribution in [2.24, 2.45) is 0 Å². The molecule has 1 unspecified atom stereocenters. The van der Waals surface area contributed by atoms with Crippen molar-refractivity contribution in [3.8, 4) is 0 Å². The first kappa shape index (κ1) is 16.5. The van der Waals surface area contributed by atoms with Gasteiger partial charge < -0.3 is 10.2 Å². The molecule has 0 fully saturated rings. The molecule has 2 nitrogen and oxygen atoms in total. The van der Waals surface area contributed by atoms with Gasteiger partial charge in [0.1, 0.15) is 0 Å². The smallest absolute Gasteiger partial charge is 0.0551 e. The molecule has 4 heteroatoms. The molecule has 2 aromatic rings. The van der Waals surface area contributed by atoms with Gasteiger partial charge in [-0.3, -0.25) is 0 Å². The lowest BCUT2D eigenvalue weighted by atomic mass is 10.1. The molecule has 0 heterocycles. The van der Waals surface area contributed by atoms with Gasteiger partial charge >= 0.3 is 0 Å². The topological polar surface area (TPSA) is 15.3 Å². The number of benzene rings is 2. The molecule has 2 aromatic carbocycles. The van der Waals surface area contributed by atoms with Gasteiger partial charge in [-0.15, -0.1) is 0 Å². The fourth-order valence-corrected chi connectivity index (χ4v) is 2.73. The normalized spacial score (nSPS) is 12.6. The third-order valence-electron chi connectivity index (χ3n) is 3.46. The fraction of sp³-hybridized carbons (Fsp3) is 0.294. The first-order valence-corrected chi connectivity index (χ1v) is 8.11. The summed E-state index contributed by atoms with van der Waals surface area (Å²) >= 11 is 9.53. The van der Waals surface area contributed by atoms with Gasteiger partial charge in [0, 0.05) is 23.6 Å². The van der Waals surface area contributed by atoms with E-state index in [1.165, 1.54) is 11.1 Å². The van der Waals surface area contributed by atoms with Crippen LogP contribution in [0.3, 0.4) is 0 Å². The molecular formula is C17H20BrClN2. The van der Waals surface area contributed by atoms with Crippen LogP contribution in [0.2, 0.25) is 5.02 Å². The molecule has 0 aromatic heterocycles. The maximum Gasteiger partial charge on any atom is 0.0551 e. The summed E-state index contributed by atoms with van der Waals surface area (Å²) in [6, 6.07) is 17.0. The van der Waals surface area contributed by atoms with Gasteiger partial charge in [0.2, 0.25) is 0 Å². The van der Waals surface area contributed by atoms with Crippen LogP contribution in [0.25, 0.3) is 0 Å². The van der Waals surface area contributed by atoms with Crippen LogP contribution in [-0.4, -0.2) is 25.5 Å². The fourth-order valence-electron chi connectivity index (χ4n) is 2.28. The monoisotopic (exact) mass is 366 g/mol. The van der Waals surface area contributed by atoms with E-state index < -0.39 is 0 Å². The number of rotatable bonds is 6. The Morgan fingerprint density at radius 2 is 1.86 bits per heavy atom. The summed E-state index contributed by atoms with van der Waals surface area (Å²) < 4.78 is 0.934. The van der Waals surface area contributed by atoms with Gasteiger partial charge in [-0.2, -0.15) is 0 Å². The van der Waals surface area contributed by atoms with Crippen LogP contribution in [0.5, 0.6) is 0 Å². The lowest BCUT2D eigenvalue weighted by Crippen LogP contribution is -2.30. The van der Waals surface area contributed by atoms with Crippen molar-refractivity contribution < 1.29 is 0 Å². The second kappa shape index (κ2) is 7.95. The summed E-state index contributed by atoms with van der Waals surface area (Å²) in [6.07, 6.45) is 0. The molecule has 0 saturated heterocycles. The minimum Gasteiger partial charge on any atom is -0.311 e. The van der Waals surface area contributed by atoms with Crippen molar-refractivity contribution in [2.45, 2.75) is 12.6 Å². The van der Waals surface area contributed by atoms with E-state index >= 15 is 0 Å². The molecule has 21 heavy (non-hydrogen) atoms. The zero-order valence-electron chi connectivity index (χ0n) is 12.3. The lowest BCUT2D eigenvalue weighted by molar-refractivity contribution is 0.288. The van der Waals surface area contributed by atoms with Gasteiger partial charge in [-0.1, -0.05) is 48.0 Å². The Morgan fingerprint density at radius 3 is 2.48 bits per heavy atom. The predicted molar refractivity (Wildman–Crippen MR) is 93.7 cm³/mol. The van der Waals surface area contributed by atoms with E-state index in [1.54, 1.807) is 0 Å². The molecule has 0 spiro atoms. The molecule has 0 saturated carbocycles. The van der Waals surface area contributed by atoms with Crippen LogP contribution in [0.15, 0.2) is 53.0 Å². The van der Waals surface area contributed by atoms with E-state index in [0.717, 1.165) is 22.6 Å². The van der Waals surface area contributed by atoms with Crippen LogP contribution in [0.1, 0.15) is 17.2 Å². The van der Waals surface area contributed by atoms with Crippen LogP contribution >= 0.6 is 27.5 Å². The third kappa shape index (κ3) is 4.82. The highest BCUT2D eigenvalue weighted by Crippen LogP contribution is 2.23. The first-order valence-electron chi connectivity index (χ1n) is 6.94. The summed E-state index contributed by atoms with van der Waals surface area (Å²) in [4.78, 5) is 2.23. The first-order chi connectivity index (χ1) is 10.1. The maximum absolute atomic E-state index is 6.12. The quantitative estimate of drug-likeness (QED) is 0.809. The van der Waals surface area contributed by atoms with Crippen molar-refractivity contribution in [2.75, 3.05) is 20.6 Å². The highest BCUT2D eigenvalue weighted by atomic mass is 79.9. The molecule has 0 bridgehead atoms. The molecule has 1 atom stereocenters. The Hall–Kier alpha value is -0.870. The van der Waals surface area contributed by atoms with E-state index in [4.69, 9.17) is 11.6 Å². The predicted octanol–water partition coefficient (Wildman–Crippen LogP) is 4.50. The van der Waals surface area contributed by atoms with Crippen molar-refractivity contribution >= 4 is 27.5 Å². The summed E-state index contributed by atoms with van der Waals surface area (Å²) in [6.45, 7) is 1.70.